The van der Waals surface area contributed by atoms with Gasteiger partial charge in [0.05, 0.1) is 0 Å². The summed E-state index contributed by atoms with van der Waals surface area (Å²) in [6, 6.07) is 5.72. The molecule has 1 fully saturated rings. The van der Waals surface area contributed by atoms with E-state index in [-0.39, 0.29) is 12.2 Å². The molecule has 104 valence electrons. The number of carbonyl (C=O) groups excluding carboxylic acids is 2. The van der Waals surface area contributed by atoms with E-state index in [0.29, 0.717) is 13.1 Å². The number of hydrogen-bond donors (Lipinski definition) is 1. The Morgan fingerprint density at radius 2 is 1.84 bits per heavy atom. The summed E-state index contributed by atoms with van der Waals surface area (Å²) in [6.07, 6.45) is 3.37. The second kappa shape index (κ2) is 9.18. The molecule has 1 aliphatic heterocycles. The van der Waals surface area contributed by atoms with Crippen molar-refractivity contribution in [2.45, 2.75) is 13.3 Å². The molecule has 1 saturated heterocycles. The zero-order valence-electron chi connectivity index (χ0n) is 11.0. The second-order valence-electron chi connectivity index (χ2n) is 4.05. The molecule has 2 rings (SSSR count). The Hall–Kier alpha value is -1.79. The van der Waals surface area contributed by atoms with E-state index in [1.165, 1.54) is 6.92 Å². The average molecular weight is 265 g/mol. The van der Waals surface area contributed by atoms with Crippen LogP contribution in [0.3, 0.4) is 0 Å². The van der Waals surface area contributed by atoms with Crippen molar-refractivity contribution in [3.8, 4) is 0 Å². The minimum Gasteiger partial charge on any atom is -0.367 e. The smallest absolute Gasteiger partial charge is 0.332 e. The Labute approximate surface area is 112 Å². The summed E-state index contributed by atoms with van der Waals surface area (Å²) in [5, 5.41) is 4.71. The summed E-state index contributed by atoms with van der Waals surface area (Å²) in [5.74, 6) is -0.630. The number of nitrogens with zero attached hydrogens (tertiary/aromatic N) is 2. The first-order chi connectivity index (χ1) is 9.18. The van der Waals surface area contributed by atoms with Gasteiger partial charge in [-0.15, -0.1) is 5.06 Å². The van der Waals surface area contributed by atoms with Crippen molar-refractivity contribution in [3.05, 3.63) is 30.6 Å². The molecule has 19 heavy (non-hydrogen) atoms. The molecule has 0 aromatic carbocycles. The van der Waals surface area contributed by atoms with E-state index in [1.807, 2.05) is 18.2 Å². The largest absolute Gasteiger partial charge is 0.367 e. The lowest BCUT2D eigenvalue weighted by Crippen LogP contribution is -2.44. The first-order valence-corrected chi connectivity index (χ1v) is 6.19. The van der Waals surface area contributed by atoms with Gasteiger partial charge in [-0.3, -0.25) is 9.78 Å². The van der Waals surface area contributed by atoms with Crippen LogP contribution in [0.2, 0.25) is 0 Å². The highest BCUT2D eigenvalue weighted by atomic mass is 16.7. The standard InChI is InChI=1S/C8H14N2O3.C5H5N/c1-7(11)6-8(12)13-10-4-2-9-3-5-10;1-2-4-6-5-3-1/h9H,2-6H2,1H3;1-5H. The second-order valence-corrected chi connectivity index (χ2v) is 4.05. The number of carbonyl (C=O) groups is 2. The van der Waals surface area contributed by atoms with Gasteiger partial charge in [0.1, 0.15) is 12.2 Å². The molecule has 1 aromatic heterocycles. The van der Waals surface area contributed by atoms with Gasteiger partial charge < -0.3 is 10.2 Å². The van der Waals surface area contributed by atoms with E-state index in [1.54, 1.807) is 17.5 Å². The van der Waals surface area contributed by atoms with E-state index < -0.39 is 5.97 Å². The SMILES string of the molecule is CC(=O)CC(=O)ON1CCNCC1.c1ccncc1. The summed E-state index contributed by atoms with van der Waals surface area (Å²) < 4.78 is 0. The number of hydroxylamine groups is 2. The van der Waals surface area contributed by atoms with E-state index >= 15 is 0 Å². The van der Waals surface area contributed by atoms with Crippen LogP contribution in [0.1, 0.15) is 13.3 Å². The molecule has 0 bridgehead atoms. The van der Waals surface area contributed by atoms with Crippen LogP contribution in [0.4, 0.5) is 0 Å². The molecule has 0 saturated carbocycles. The minimum absolute atomic E-state index is 0.135. The highest BCUT2D eigenvalue weighted by molar-refractivity contribution is 5.93. The summed E-state index contributed by atoms with van der Waals surface area (Å²) >= 11 is 0. The van der Waals surface area contributed by atoms with Crippen LogP contribution in [-0.4, -0.2) is 48.0 Å². The van der Waals surface area contributed by atoms with Crippen LogP contribution in [-0.2, 0) is 14.4 Å². The molecule has 6 heteroatoms. The third-order valence-electron chi connectivity index (χ3n) is 2.27. The Morgan fingerprint density at radius 3 is 2.26 bits per heavy atom. The predicted octanol–water partition coefficient (Wildman–Crippen LogP) is 0.411. The maximum Gasteiger partial charge on any atom is 0.332 e. The highest BCUT2D eigenvalue weighted by Crippen LogP contribution is 1.96. The predicted molar refractivity (Wildman–Crippen MR) is 70.1 cm³/mol. The lowest BCUT2D eigenvalue weighted by Gasteiger charge is -2.25. The van der Waals surface area contributed by atoms with Crippen LogP contribution in [0.5, 0.6) is 0 Å². The van der Waals surface area contributed by atoms with E-state index in [9.17, 15) is 9.59 Å². The van der Waals surface area contributed by atoms with Crippen molar-refractivity contribution in [2.24, 2.45) is 0 Å². The lowest BCUT2D eigenvalue weighted by atomic mass is 10.3. The van der Waals surface area contributed by atoms with Crippen LogP contribution in [0, 0.1) is 0 Å². The number of Topliss-reactive ketones (excluding diaryl/α,β-unsaturated/α-hetero) is 1. The van der Waals surface area contributed by atoms with E-state index in [4.69, 9.17) is 4.84 Å². The van der Waals surface area contributed by atoms with E-state index in [0.717, 1.165) is 13.1 Å². The fourth-order valence-electron chi connectivity index (χ4n) is 1.43. The molecule has 0 spiro atoms. The van der Waals surface area contributed by atoms with Crippen LogP contribution in [0.15, 0.2) is 30.6 Å². The minimum atomic E-state index is -0.464. The van der Waals surface area contributed by atoms with Crippen molar-refractivity contribution in [3.63, 3.8) is 0 Å². The number of aromatic nitrogens is 1. The lowest BCUT2D eigenvalue weighted by molar-refractivity contribution is -0.192. The van der Waals surface area contributed by atoms with Gasteiger partial charge in [-0.25, -0.2) is 4.79 Å². The van der Waals surface area contributed by atoms with Gasteiger partial charge in [-0.1, -0.05) is 6.07 Å². The molecule has 2 heterocycles. The summed E-state index contributed by atoms with van der Waals surface area (Å²) in [4.78, 5) is 30.3. The fraction of sp³-hybridized carbons (Fsp3) is 0.462. The van der Waals surface area contributed by atoms with Crippen molar-refractivity contribution >= 4 is 11.8 Å². The number of ketones is 1. The van der Waals surface area contributed by atoms with Crippen molar-refractivity contribution < 1.29 is 14.4 Å². The van der Waals surface area contributed by atoms with Gasteiger partial charge >= 0.3 is 5.97 Å². The summed E-state index contributed by atoms with van der Waals surface area (Å²) in [6.45, 7) is 4.37. The molecule has 1 aliphatic rings. The van der Waals surface area contributed by atoms with Crippen molar-refractivity contribution in [2.75, 3.05) is 26.2 Å². The molecular weight excluding hydrogens is 246 g/mol. The van der Waals surface area contributed by atoms with Gasteiger partial charge in [0.2, 0.25) is 0 Å². The summed E-state index contributed by atoms with van der Waals surface area (Å²) in [7, 11) is 0. The number of hydrogen-bond acceptors (Lipinski definition) is 6. The highest BCUT2D eigenvalue weighted by Gasteiger charge is 2.15. The normalized spacial score (nSPS) is 15.0. The number of nitrogens with one attached hydrogen (secondary N) is 1. The van der Waals surface area contributed by atoms with Crippen molar-refractivity contribution in [1.29, 1.82) is 0 Å². The zero-order valence-corrected chi connectivity index (χ0v) is 11.0. The number of pyridine rings is 1. The molecule has 6 nitrogen and oxygen atoms in total. The number of piperazine rings is 1. The van der Waals surface area contributed by atoms with Crippen LogP contribution in [0.25, 0.3) is 0 Å². The van der Waals surface area contributed by atoms with Gasteiger partial charge in [-0.2, -0.15) is 0 Å². The van der Waals surface area contributed by atoms with Gasteiger partial charge in [0, 0.05) is 38.6 Å². The molecule has 0 aliphatic carbocycles. The third-order valence-corrected chi connectivity index (χ3v) is 2.27. The molecular formula is C13H19N3O3. The van der Waals surface area contributed by atoms with Crippen LogP contribution >= 0.6 is 0 Å². The molecule has 1 N–H and O–H groups in total. The first kappa shape index (κ1) is 15.3. The Balaban J connectivity index is 0.000000250. The van der Waals surface area contributed by atoms with Crippen molar-refractivity contribution in [1.82, 2.24) is 15.4 Å². The van der Waals surface area contributed by atoms with E-state index in [2.05, 4.69) is 10.3 Å². The van der Waals surface area contributed by atoms with Gasteiger partial charge in [0.15, 0.2) is 0 Å². The molecule has 0 amide bonds. The monoisotopic (exact) mass is 265 g/mol. The quantitative estimate of drug-likeness (QED) is 0.798. The first-order valence-electron chi connectivity index (χ1n) is 6.19. The third kappa shape index (κ3) is 8.01. The average Bonchev–Trinajstić information content (AvgIpc) is 2.41. The van der Waals surface area contributed by atoms with Crippen LogP contribution < -0.4 is 5.32 Å². The maximum absolute atomic E-state index is 11.0. The zero-order chi connectivity index (χ0) is 13.9. The number of rotatable bonds is 3. The Bertz CT molecular complexity index is 351. The maximum atomic E-state index is 11.0. The Morgan fingerprint density at radius 1 is 1.21 bits per heavy atom. The Kier molecular flexibility index (Phi) is 7.38. The molecule has 1 aromatic rings. The molecule has 0 atom stereocenters. The summed E-state index contributed by atoms with van der Waals surface area (Å²) in [5.41, 5.74) is 0. The fourth-order valence-corrected chi connectivity index (χ4v) is 1.43. The van der Waals surface area contributed by atoms with Gasteiger partial charge in [-0.05, 0) is 19.1 Å². The molecule has 0 radical (unpaired) electrons. The van der Waals surface area contributed by atoms with Gasteiger partial charge in [0.25, 0.3) is 0 Å². The topological polar surface area (TPSA) is 71.5 Å². The molecule has 0 unspecified atom stereocenters.